The van der Waals surface area contributed by atoms with Crippen molar-refractivity contribution in [3.63, 3.8) is 0 Å². The van der Waals surface area contributed by atoms with Crippen molar-refractivity contribution in [3.8, 4) is 5.75 Å². The fourth-order valence-electron chi connectivity index (χ4n) is 2.47. The summed E-state index contributed by atoms with van der Waals surface area (Å²) in [5.74, 6) is -2.74. The first-order valence-corrected chi connectivity index (χ1v) is 9.82. The third-order valence-electron chi connectivity index (χ3n) is 3.56. The lowest BCUT2D eigenvalue weighted by atomic mass is 9.95. The predicted octanol–water partition coefficient (Wildman–Crippen LogP) is 2.87. The van der Waals surface area contributed by atoms with Gasteiger partial charge in [-0.3, -0.25) is 9.59 Å². The van der Waals surface area contributed by atoms with Gasteiger partial charge < -0.3 is 24.7 Å². The Labute approximate surface area is 178 Å². The molecule has 168 valence electrons. The van der Waals surface area contributed by atoms with E-state index in [0.29, 0.717) is 5.75 Å². The summed E-state index contributed by atoms with van der Waals surface area (Å²) in [5, 5.41) is 0. The molecule has 0 spiro atoms. The number of rotatable bonds is 9. The Hall–Kier alpha value is -2.45. The van der Waals surface area contributed by atoms with E-state index in [0.717, 1.165) is 0 Å². The maximum absolute atomic E-state index is 13.1. The van der Waals surface area contributed by atoms with E-state index in [1.54, 1.807) is 48.5 Å². The Morgan fingerprint density at radius 2 is 1.53 bits per heavy atom. The van der Waals surface area contributed by atoms with E-state index in [9.17, 15) is 14.4 Å². The predicted molar refractivity (Wildman–Crippen MR) is 111 cm³/mol. The summed E-state index contributed by atoms with van der Waals surface area (Å²) in [4.78, 5) is 37.2. The Kier molecular flexibility index (Phi) is 8.99. The van der Waals surface area contributed by atoms with E-state index in [1.165, 1.54) is 24.3 Å². The van der Waals surface area contributed by atoms with Gasteiger partial charge in [-0.15, -0.1) is 0 Å². The van der Waals surface area contributed by atoms with Crippen LogP contribution >= 0.6 is 0 Å². The molecule has 1 aromatic carbocycles. The van der Waals surface area contributed by atoms with Crippen LogP contribution in [0.3, 0.4) is 0 Å². The molecule has 30 heavy (non-hydrogen) atoms. The van der Waals surface area contributed by atoms with Crippen molar-refractivity contribution in [2.24, 2.45) is 11.7 Å². The number of carbonyl (C=O) groups excluding carboxylic acids is 3. The summed E-state index contributed by atoms with van der Waals surface area (Å²) in [5.41, 5.74) is 4.87. The molecule has 0 aliphatic rings. The van der Waals surface area contributed by atoms with Crippen LogP contribution in [0.25, 0.3) is 0 Å². The van der Waals surface area contributed by atoms with Crippen molar-refractivity contribution in [2.45, 2.75) is 65.9 Å². The number of nitrogens with two attached hydrogens (primary N) is 1. The van der Waals surface area contributed by atoms with Gasteiger partial charge in [0.05, 0.1) is 12.2 Å². The van der Waals surface area contributed by atoms with Gasteiger partial charge >= 0.3 is 11.9 Å². The number of benzene rings is 1. The third kappa shape index (κ3) is 8.92. The number of esters is 2. The summed E-state index contributed by atoms with van der Waals surface area (Å²) in [7, 11) is 0. The van der Waals surface area contributed by atoms with Crippen LogP contribution in [0, 0.1) is 5.92 Å². The highest BCUT2D eigenvalue weighted by Crippen LogP contribution is 2.23. The molecule has 0 aliphatic carbocycles. The van der Waals surface area contributed by atoms with E-state index in [-0.39, 0.29) is 18.8 Å². The third-order valence-corrected chi connectivity index (χ3v) is 3.56. The zero-order chi connectivity index (χ0) is 23.1. The van der Waals surface area contributed by atoms with Crippen LogP contribution in [0.15, 0.2) is 24.3 Å². The monoisotopic (exact) mass is 423 g/mol. The fourth-order valence-corrected chi connectivity index (χ4v) is 2.47. The van der Waals surface area contributed by atoms with Gasteiger partial charge in [0, 0.05) is 5.56 Å². The second-order valence-corrected chi connectivity index (χ2v) is 8.69. The zero-order valence-corrected chi connectivity index (χ0v) is 18.8. The molecule has 0 aliphatic heterocycles. The first-order valence-electron chi connectivity index (χ1n) is 9.82. The highest BCUT2D eigenvalue weighted by atomic mass is 16.6. The highest BCUT2D eigenvalue weighted by molar-refractivity contribution is 6.09. The van der Waals surface area contributed by atoms with Gasteiger partial charge in [0.15, 0.2) is 18.3 Å². The second kappa shape index (κ2) is 10.5. The van der Waals surface area contributed by atoms with Crippen LogP contribution in [0.4, 0.5) is 0 Å². The quantitative estimate of drug-likeness (QED) is 0.279. The molecular formula is C22H33NO7. The van der Waals surface area contributed by atoms with Crippen LogP contribution in [0.5, 0.6) is 5.75 Å². The number of carbonyl (C=O) groups is 3. The summed E-state index contributed by atoms with van der Waals surface area (Å²) in [6, 6.07) is 6.03. The Morgan fingerprint density at radius 3 is 2.00 bits per heavy atom. The molecule has 2 atom stereocenters. The largest absolute Gasteiger partial charge is 0.482 e. The standard InChI is InChI=1S/C22H33NO7/c1-8-27-16(24)13-28-15-11-9-14(10-12-15)18(25)17(19(23)29-21(2,3)4)20(26)30-22(5,6)7/h9-12,17,19H,8,13,23H2,1-7H3/t17-,19?/m1/s1. The average Bonchev–Trinajstić information content (AvgIpc) is 2.57. The molecule has 0 radical (unpaired) electrons. The Morgan fingerprint density at radius 1 is 0.967 bits per heavy atom. The van der Waals surface area contributed by atoms with Crippen molar-refractivity contribution >= 4 is 17.7 Å². The van der Waals surface area contributed by atoms with E-state index in [4.69, 9.17) is 24.7 Å². The number of ether oxygens (including phenoxy) is 4. The van der Waals surface area contributed by atoms with E-state index in [1.807, 2.05) is 0 Å². The SMILES string of the molecule is CCOC(=O)COc1ccc(C(=O)[C@@H](C(=O)OC(C)(C)C)C(N)OC(C)(C)C)cc1. The van der Waals surface area contributed by atoms with Crippen molar-refractivity contribution in [3.05, 3.63) is 29.8 Å². The second-order valence-electron chi connectivity index (χ2n) is 8.69. The number of hydrogen-bond acceptors (Lipinski definition) is 8. The molecule has 0 aromatic heterocycles. The zero-order valence-electron chi connectivity index (χ0n) is 18.8. The average molecular weight is 424 g/mol. The molecule has 1 rings (SSSR count). The van der Waals surface area contributed by atoms with Crippen molar-refractivity contribution in [1.82, 2.24) is 0 Å². The normalized spacial score (nSPS) is 13.9. The van der Waals surface area contributed by atoms with Crippen LogP contribution in [-0.4, -0.2) is 48.4 Å². The van der Waals surface area contributed by atoms with Crippen LogP contribution in [0.2, 0.25) is 0 Å². The van der Waals surface area contributed by atoms with E-state index in [2.05, 4.69) is 0 Å². The molecule has 8 nitrogen and oxygen atoms in total. The summed E-state index contributed by atoms with van der Waals surface area (Å²) < 4.78 is 21.2. The van der Waals surface area contributed by atoms with Gasteiger partial charge in [0.1, 0.15) is 17.6 Å². The van der Waals surface area contributed by atoms with Crippen molar-refractivity contribution in [1.29, 1.82) is 0 Å². The molecule has 1 unspecified atom stereocenters. The smallest absolute Gasteiger partial charge is 0.344 e. The minimum Gasteiger partial charge on any atom is -0.482 e. The molecule has 1 aromatic rings. The number of hydrogen-bond donors (Lipinski definition) is 1. The highest BCUT2D eigenvalue weighted by Gasteiger charge is 2.39. The molecule has 2 N–H and O–H groups in total. The topological polar surface area (TPSA) is 114 Å². The molecule has 0 fully saturated rings. The van der Waals surface area contributed by atoms with E-state index < -0.39 is 41.1 Å². The summed E-state index contributed by atoms with van der Waals surface area (Å²) in [6.45, 7) is 12.2. The van der Waals surface area contributed by atoms with Crippen LogP contribution < -0.4 is 10.5 Å². The van der Waals surface area contributed by atoms with Gasteiger partial charge in [0.2, 0.25) is 0 Å². The van der Waals surface area contributed by atoms with Crippen molar-refractivity contribution < 1.29 is 33.3 Å². The van der Waals surface area contributed by atoms with Gasteiger partial charge in [-0.05, 0) is 72.7 Å². The van der Waals surface area contributed by atoms with Crippen LogP contribution in [0.1, 0.15) is 58.8 Å². The molecule has 8 heteroatoms. The lowest BCUT2D eigenvalue weighted by Gasteiger charge is -2.30. The molecule has 0 bridgehead atoms. The minimum absolute atomic E-state index is 0.238. The minimum atomic E-state index is -1.34. The maximum atomic E-state index is 13.1. The Bertz CT molecular complexity index is 729. The fraction of sp³-hybridized carbons (Fsp3) is 0.591. The van der Waals surface area contributed by atoms with Crippen LogP contribution in [-0.2, 0) is 23.8 Å². The molecule has 0 amide bonds. The molecule has 0 saturated carbocycles. The lowest BCUT2D eigenvalue weighted by Crippen LogP contribution is -2.48. The van der Waals surface area contributed by atoms with Gasteiger partial charge in [-0.25, -0.2) is 4.79 Å². The van der Waals surface area contributed by atoms with E-state index >= 15 is 0 Å². The maximum Gasteiger partial charge on any atom is 0.344 e. The first kappa shape index (κ1) is 25.6. The van der Waals surface area contributed by atoms with Gasteiger partial charge in [-0.2, -0.15) is 0 Å². The molecule has 0 saturated heterocycles. The van der Waals surface area contributed by atoms with Crippen molar-refractivity contribution in [2.75, 3.05) is 13.2 Å². The van der Waals surface area contributed by atoms with Gasteiger partial charge in [-0.1, -0.05) is 0 Å². The molecule has 0 heterocycles. The first-order chi connectivity index (χ1) is 13.7. The number of ketones is 1. The van der Waals surface area contributed by atoms with Gasteiger partial charge in [0.25, 0.3) is 0 Å². The number of Topliss-reactive ketones (excluding diaryl/α,β-unsaturated/α-hetero) is 1. The summed E-state index contributed by atoms with van der Waals surface area (Å²) in [6.07, 6.45) is -1.19. The lowest BCUT2D eigenvalue weighted by molar-refractivity contribution is -0.166. The molecular weight excluding hydrogens is 390 g/mol. The summed E-state index contributed by atoms with van der Waals surface area (Å²) >= 11 is 0. The Balaban J connectivity index is 3.02.